The lowest BCUT2D eigenvalue weighted by Crippen LogP contribution is -2.51. The van der Waals surface area contributed by atoms with E-state index in [0.29, 0.717) is 25.1 Å². The topological polar surface area (TPSA) is 58.6 Å². The molecule has 1 aliphatic rings. The smallest absolute Gasteiger partial charge is 0.410 e. The van der Waals surface area contributed by atoms with Gasteiger partial charge in [0.25, 0.3) is 5.91 Å². The van der Waals surface area contributed by atoms with Gasteiger partial charge in [0.05, 0.1) is 6.04 Å². The minimum atomic E-state index is -0.564. The van der Waals surface area contributed by atoms with Crippen LogP contribution in [-0.2, 0) is 17.7 Å². The van der Waals surface area contributed by atoms with Crippen LogP contribution >= 0.6 is 0 Å². The number of nitrogens with zero attached hydrogens (tertiary/aromatic N) is 1. The van der Waals surface area contributed by atoms with Crippen LogP contribution in [0.1, 0.15) is 42.3 Å². The number of amides is 2. The van der Waals surface area contributed by atoms with Gasteiger partial charge in [0.15, 0.2) is 0 Å². The van der Waals surface area contributed by atoms with Crippen molar-refractivity contribution in [2.45, 2.75) is 45.4 Å². The first-order chi connectivity index (χ1) is 12.8. The van der Waals surface area contributed by atoms with Gasteiger partial charge >= 0.3 is 6.09 Å². The summed E-state index contributed by atoms with van der Waals surface area (Å²) in [7, 11) is 0. The number of rotatable bonds is 3. The van der Waals surface area contributed by atoms with Gasteiger partial charge in [0.2, 0.25) is 0 Å². The van der Waals surface area contributed by atoms with Gasteiger partial charge in [-0.3, -0.25) is 9.69 Å². The molecule has 0 bridgehead atoms. The van der Waals surface area contributed by atoms with Crippen molar-refractivity contribution in [1.82, 2.24) is 10.2 Å². The minimum absolute atomic E-state index is 0.140. The summed E-state index contributed by atoms with van der Waals surface area (Å²) in [5.74, 6) is -0.140. The monoisotopic (exact) mass is 366 g/mol. The third-order valence-electron chi connectivity index (χ3n) is 4.52. The van der Waals surface area contributed by atoms with Crippen LogP contribution in [0.15, 0.2) is 54.6 Å². The first kappa shape index (κ1) is 19.0. The first-order valence-corrected chi connectivity index (χ1v) is 9.23. The second-order valence-electron chi connectivity index (χ2n) is 7.81. The highest BCUT2D eigenvalue weighted by Gasteiger charge is 2.32. The van der Waals surface area contributed by atoms with Crippen molar-refractivity contribution in [3.05, 3.63) is 71.3 Å². The van der Waals surface area contributed by atoms with Crippen LogP contribution < -0.4 is 5.32 Å². The maximum absolute atomic E-state index is 12.7. The van der Waals surface area contributed by atoms with Crippen molar-refractivity contribution in [2.24, 2.45) is 0 Å². The summed E-state index contributed by atoms with van der Waals surface area (Å²) in [6.45, 7) is 6.43. The molecule has 2 amide bonds. The van der Waals surface area contributed by atoms with E-state index in [4.69, 9.17) is 4.74 Å². The summed E-state index contributed by atoms with van der Waals surface area (Å²) in [5.41, 5.74) is 2.37. The summed E-state index contributed by atoms with van der Waals surface area (Å²) in [5, 5.41) is 2.96. The number of ether oxygens (including phenoxy) is 1. The van der Waals surface area contributed by atoms with Crippen LogP contribution in [0.5, 0.6) is 0 Å². The molecule has 0 saturated carbocycles. The van der Waals surface area contributed by atoms with Crippen LogP contribution in [0.3, 0.4) is 0 Å². The van der Waals surface area contributed by atoms with E-state index in [1.165, 1.54) is 5.56 Å². The molecule has 1 atom stereocenters. The van der Waals surface area contributed by atoms with E-state index in [0.717, 1.165) is 5.56 Å². The third kappa shape index (κ3) is 4.88. The Labute approximate surface area is 160 Å². The highest BCUT2D eigenvalue weighted by Crippen LogP contribution is 2.25. The molecule has 0 fully saturated rings. The fraction of sp³-hybridized carbons (Fsp3) is 0.364. The molecule has 1 heterocycles. The number of benzene rings is 2. The summed E-state index contributed by atoms with van der Waals surface area (Å²) < 4.78 is 5.59. The van der Waals surface area contributed by atoms with E-state index >= 15 is 0 Å². The zero-order chi connectivity index (χ0) is 19.4. The Kier molecular flexibility index (Phi) is 5.49. The lowest BCUT2D eigenvalue weighted by molar-refractivity contribution is 0.0118. The SMILES string of the molecule is CC(C)(C)OC(=O)N1Cc2ccccc2C[C@H]1CNC(=O)c1ccccc1. The Morgan fingerprint density at radius 2 is 1.67 bits per heavy atom. The van der Waals surface area contributed by atoms with Crippen LogP contribution in [0.25, 0.3) is 0 Å². The van der Waals surface area contributed by atoms with Gasteiger partial charge in [-0.1, -0.05) is 42.5 Å². The molecule has 27 heavy (non-hydrogen) atoms. The van der Waals surface area contributed by atoms with Gasteiger partial charge in [-0.05, 0) is 50.5 Å². The summed E-state index contributed by atoms with van der Waals surface area (Å²) in [6, 6.07) is 17.0. The molecule has 5 nitrogen and oxygen atoms in total. The summed E-state index contributed by atoms with van der Waals surface area (Å²) >= 11 is 0. The lowest BCUT2D eigenvalue weighted by atomic mass is 9.94. The summed E-state index contributed by atoms with van der Waals surface area (Å²) in [6.07, 6.45) is 0.334. The second-order valence-corrected chi connectivity index (χ2v) is 7.81. The van der Waals surface area contributed by atoms with Crippen molar-refractivity contribution in [1.29, 1.82) is 0 Å². The molecule has 0 unspecified atom stereocenters. The van der Waals surface area contributed by atoms with Crippen LogP contribution in [0, 0.1) is 0 Å². The molecule has 5 heteroatoms. The van der Waals surface area contributed by atoms with Crippen molar-refractivity contribution in [3.63, 3.8) is 0 Å². The first-order valence-electron chi connectivity index (χ1n) is 9.23. The maximum Gasteiger partial charge on any atom is 0.410 e. The van der Waals surface area contributed by atoms with Crippen molar-refractivity contribution < 1.29 is 14.3 Å². The fourth-order valence-electron chi connectivity index (χ4n) is 3.21. The molecule has 2 aromatic carbocycles. The Morgan fingerprint density at radius 3 is 2.33 bits per heavy atom. The average Bonchev–Trinajstić information content (AvgIpc) is 2.64. The summed E-state index contributed by atoms with van der Waals surface area (Å²) in [4.78, 5) is 26.9. The predicted molar refractivity (Wildman–Crippen MR) is 104 cm³/mol. The zero-order valence-corrected chi connectivity index (χ0v) is 16.1. The van der Waals surface area contributed by atoms with E-state index in [1.54, 1.807) is 17.0 Å². The fourth-order valence-corrected chi connectivity index (χ4v) is 3.21. The van der Waals surface area contributed by atoms with Gasteiger partial charge in [0, 0.05) is 18.7 Å². The molecular formula is C22H26N2O3. The molecule has 0 aromatic heterocycles. The van der Waals surface area contributed by atoms with Crippen LogP contribution in [0.4, 0.5) is 4.79 Å². The van der Waals surface area contributed by atoms with E-state index in [-0.39, 0.29) is 18.0 Å². The Bertz CT molecular complexity index is 812. The van der Waals surface area contributed by atoms with Crippen LogP contribution in [0.2, 0.25) is 0 Å². The minimum Gasteiger partial charge on any atom is -0.444 e. The van der Waals surface area contributed by atoms with E-state index in [1.807, 2.05) is 57.2 Å². The number of hydrogen-bond acceptors (Lipinski definition) is 3. The van der Waals surface area contributed by atoms with Crippen LogP contribution in [-0.4, -0.2) is 35.1 Å². The van der Waals surface area contributed by atoms with E-state index in [2.05, 4.69) is 11.4 Å². The normalized spacial score (nSPS) is 16.4. The Balaban J connectivity index is 1.75. The van der Waals surface area contributed by atoms with Crippen molar-refractivity contribution >= 4 is 12.0 Å². The number of hydrogen-bond donors (Lipinski definition) is 1. The van der Waals surface area contributed by atoms with Crippen molar-refractivity contribution in [3.8, 4) is 0 Å². The molecule has 2 aromatic rings. The van der Waals surface area contributed by atoms with Gasteiger partial charge in [-0.25, -0.2) is 4.79 Å². The Hall–Kier alpha value is -2.82. The lowest BCUT2D eigenvalue weighted by Gasteiger charge is -2.37. The third-order valence-corrected chi connectivity index (χ3v) is 4.52. The highest BCUT2D eigenvalue weighted by atomic mass is 16.6. The largest absolute Gasteiger partial charge is 0.444 e. The van der Waals surface area contributed by atoms with Gasteiger partial charge < -0.3 is 10.1 Å². The maximum atomic E-state index is 12.7. The predicted octanol–water partition coefficient (Wildman–Crippen LogP) is 3.78. The van der Waals surface area contributed by atoms with Crippen molar-refractivity contribution in [2.75, 3.05) is 6.54 Å². The quantitative estimate of drug-likeness (QED) is 0.899. The highest BCUT2D eigenvalue weighted by molar-refractivity contribution is 5.94. The number of carbonyl (C=O) groups is 2. The van der Waals surface area contributed by atoms with Gasteiger partial charge in [0.1, 0.15) is 5.60 Å². The number of fused-ring (bicyclic) bond motifs is 1. The Morgan fingerprint density at radius 1 is 1.04 bits per heavy atom. The van der Waals surface area contributed by atoms with E-state index < -0.39 is 5.60 Å². The molecular weight excluding hydrogens is 340 g/mol. The molecule has 0 aliphatic carbocycles. The molecule has 0 spiro atoms. The number of nitrogens with one attached hydrogen (secondary N) is 1. The average molecular weight is 366 g/mol. The second kappa shape index (κ2) is 7.82. The molecule has 0 saturated heterocycles. The van der Waals surface area contributed by atoms with Gasteiger partial charge in [-0.15, -0.1) is 0 Å². The standard InChI is InChI=1S/C22H26N2O3/c1-22(2,3)27-21(26)24-15-18-12-8-7-11-17(18)13-19(24)14-23-20(25)16-9-5-4-6-10-16/h4-12,19H,13-15H2,1-3H3,(H,23,25)/t19-/m0/s1. The molecule has 0 radical (unpaired) electrons. The molecule has 142 valence electrons. The molecule has 3 rings (SSSR count). The van der Waals surface area contributed by atoms with E-state index in [9.17, 15) is 9.59 Å². The number of carbonyl (C=O) groups excluding carboxylic acids is 2. The zero-order valence-electron chi connectivity index (χ0n) is 16.1. The molecule has 1 aliphatic heterocycles. The van der Waals surface area contributed by atoms with Gasteiger partial charge in [-0.2, -0.15) is 0 Å². The molecule has 1 N–H and O–H groups in total.